The first-order chi connectivity index (χ1) is 15.4. The van der Waals surface area contributed by atoms with Gasteiger partial charge in [0.15, 0.2) is 5.16 Å². The maximum absolute atomic E-state index is 13.7. The van der Waals surface area contributed by atoms with Crippen LogP contribution in [0.5, 0.6) is 0 Å². The monoisotopic (exact) mass is 467 g/mol. The summed E-state index contributed by atoms with van der Waals surface area (Å²) in [6.45, 7) is 0.478. The van der Waals surface area contributed by atoms with Crippen LogP contribution in [0, 0.1) is 5.82 Å². The maximum Gasteiger partial charge on any atom is 0.266 e. The Morgan fingerprint density at radius 2 is 1.81 bits per heavy atom. The van der Waals surface area contributed by atoms with Crippen LogP contribution >= 0.6 is 23.4 Å². The quantitative estimate of drug-likeness (QED) is 0.298. The Morgan fingerprint density at radius 1 is 1.09 bits per heavy atom. The van der Waals surface area contributed by atoms with E-state index in [2.05, 4.69) is 4.98 Å². The third kappa shape index (κ3) is 4.69. The van der Waals surface area contributed by atoms with Crippen molar-refractivity contribution in [2.24, 2.45) is 0 Å². The van der Waals surface area contributed by atoms with Crippen molar-refractivity contribution in [3.8, 4) is 5.69 Å². The summed E-state index contributed by atoms with van der Waals surface area (Å²) in [5.41, 5.74) is 1.61. The van der Waals surface area contributed by atoms with Crippen molar-refractivity contribution in [2.45, 2.75) is 11.7 Å². The van der Waals surface area contributed by atoms with Gasteiger partial charge in [-0.3, -0.25) is 14.2 Å². The Balaban J connectivity index is 1.66. The van der Waals surface area contributed by atoms with Gasteiger partial charge in [0, 0.05) is 13.6 Å². The number of amides is 1. The highest BCUT2D eigenvalue weighted by Gasteiger charge is 2.17. The lowest BCUT2D eigenvalue weighted by atomic mass is 10.2. The van der Waals surface area contributed by atoms with Crippen LogP contribution in [-0.4, -0.2) is 33.2 Å². The smallest absolute Gasteiger partial charge is 0.266 e. The Morgan fingerprint density at radius 3 is 2.56 bits per heavy atom. The molecule has 3 aromatic carbocycles. The number of fused-ring (bicyclic) bond motifs is 1. The summed E-state index contributed by atoms with van der Waals surface area (Å²) in [7, 11) is 1.73. The summed E-state index contributed by atoms with van der Waals surface area (Å²) in [6.07, 6.45) is 0. The summed E-state index contributed by atoms with van der Waals surface area (Å²) < 4.78 is 15.1. The lowest BCUT2D eigenvalue weighted by Crippen LogP contribution is -2.28. The van der Waals surface area contributed by atoms with Crippen LogP contribution in [0.2, 0.25) is 5.02 Å². The van der Waals surface area contributed by atoms with Gasteiger partial charge in [-0.15, -0.1) is 0 Å². The van der Waals surface area contributed by atoms with Gasteiger partial charge in [-0.1, -0.05) is 65.8 Å². The highest BCUT2D eigenvalue weighted by Crippen LogP contribution is 2.24. The van der Waals surface area contributed by atoms with Gasteiger partial charge in [-0.25, -0.2) is 9.37 Å². The van der Waals surface area contributed by atoms with Gasteiger partial charge in [0.1, 0.15) is 5.82 Å². The Bertz CT molecular complexity index is 1340. The second kappa shape index (κ2) is 9.54. The molecule has 1 aromatic heterocycles. The van der Waals surface area contributed by atoms with Gasteiger partial charge < -0.3 is 4.90 Å². The van der Waals surface area contributed by atoms with Crippen LogP contribution in [0.3, 0.4) is 0 Å². The molecule has 5 nitrogen and oxygen atoms in total. The number of rotatable bonds is 6. The third-order valence-corrected chi connectivity index (χ3v) is 6.13. The molecule has 1 heterocycles. The molecule has 162 valence electrons. The molecule has 0 unspecified atom stereocenters. The number of aromatic nitrogens is 2. The topological polar surface area (TPSA) is 55.2 Å². The molecular formula is C24H19ClFN3O2S. The van der Waals surface area contributed by atoms with Crippen molar-refractivity contribution in [1.82, 2.24) is 14.5 Å². The molecule has 0 N–H and O–H groups in total. The molecule has 0 aliphatic rings. The van der Waals surface area contributed by atoms with E-state index in [1.54, 1.807) is 36.2 Å². The standard InChI is InChI=1S/C24H19ClFN3O2S/c1-28(14-16-7-3-2-4-8-16)22(30)15-32-24-27-21-10-6-5-9-18(21)23(31)29(24)17-11-12-20(26)19(25)13-17/h2-13H,14-15H2,1H3. The van der Waals surface area contributed by atoms with E-state index in [0.29, 0.717) is 28.3 Å². The molecule has 0 saturated heterocycles. The maximum atomic E-state index is 13.7. The van der Waals surface area contributed by atoms with Crippen molar-refractivity contribution in [3.05, 3.63) is 99.6 Å². The van der Waals surface area contributed by atoms with Crippen LogP contribution < -0.4 is 5.56 Å². The average Bonchev–Trinajstić information content (AvgIpc) is 2.80. The molecule has 0 saturated carbocycles. The van der Waals surface area contributed by atoms with Gasteiger partial charge >= 0.3 is 0 Å². The zero-order chi connectivity index (χ0) is 22.7. The molecule has 0 aliphatic carbocycles. The molecular weight excluding hydrogens is 449 g/mol. The third-order valence-electron chi connectivity index (χ3n) is 4.92. The number of benzene rings is 3. The van der Waals surface area contributed by atoms with Gasteiger partial charge in [0.05, 0.1) is 27.4 Å². The molecule has 0 bridgehead atoms. The first kappa shape index (κ1) is 22.0. The molecule has 4 rings (SSSR count). The summed E-state index contributed by atoms with van der Waals surface area (Å²) in [5, 5.41) is 0.653. The van der Waals surface area contributed by atoms with Crippen molar-refractivity contribution < 1.29 is 9.18 Å². The minimum absolute atomic E-state index is 0.0863. The summed E-state index contributed by atoms with van der Waals surface area (Å²) in [4.78, 5) is 32.2. The molecule has 8 heteroatoms. The number of thioether (sulfide) groups is 1. The largest absolute Gasteiger partial charge is 0.341 e. The van der Waals surface area contributed by atoms with Crippen LogP contribution in [0.1, 0.15) is 5.56 Å². The minimum atomic E-state index is -0.580. The molecule has 0 atom stereocenters. The molecule has 0 aliphatic heterocycles. The van der Waals surface area contributed by atoms with Crippen molar-refractivity contribution in [1.29, 1.82) is 0 Å². The summed E-state index contributed by atoms with van der Waals surface area (Å²) in [6, 6.07) is 20.7. The predicted octanol–water partition coefficient (Wildman–Crippen LogP) is 4.93. The minimum Gasteiger partial charge on any atom is -0.341 e. The molecule has 32 heavy (non-hydrogen) atoms. The molecule has 0 fully saturated rings. The summed E-state index contributed by atoms with van der Waals surface area (Å²) in [5.74, 6) is -0.600. The number of para-hydroxylation sites is 1. The van der Waals surface area contributed by atoms with E-state index in [0.717, 1.165) is 17.3 Å². The second-order valence-corrected chi connectivity index (χ2v) is 8.52. The van der Waals surface area contributed by atoms with Gasteiger partial charge in [0.25, 0.3) is 5.56 Å². The SMILES string of the molecule is CN(Cc1ccccc1)C(=O)CSc1nc2ccccc2c(=O)n1-c1ccc(F)c(Cl)c1. The van der Waals surface area contributed by atoms with E-state index >= 15 is 0 Å². The van der Waals surface area contributed by atoms with Crippen LogP contribution in [-0.2, 0) is 11.3 Å². The van der Waals surface area contributed by atoms with Crippen molar-refractivity contribution in [3.63, 3.8) is 0 Å². The predicted molar refractivity (Wildman–Crippen MR) is 126 cm³/mol. The fourth-order valence-electron chi connectivity index (χ4n) is 3.24. The number of carbonyl (C=O) groups excluding carboxylic acids is 1. The Labute approximate surface area is 193 Å². The first-order valence-electron chi connectivity index (χ1n) is 9.82. The normalized spacial score (nSPS) is 11.0. The highest BCUT2D eigenvalue weighted by atomic mass is 35.5. The Hall–Kier alpha value is -3.16. The zero-order valence-corrected chi connectivity index (χ0v) is 18.7. The van der Waals surface area contributed by atoms with Crippen molar-refractivity contribution in [2.75, 3.05) is 12.8 Å². The average molecular weight is 468 g/mol. The number of halogens is 2. The zero-order valence-electron chi connectivity index (χ0n) is 17.2. The fourth-order valence-corrected chi connectivity index (χ4v) is 4.37. The van der Waals surface area contributed by atoms with Gasteiger partial charge in [-0.05, 0) is 35.9 Å². The molecule has 1 amide bonds. The van der Waals surface area contributed by atoms with E-state index < -0.39 is 5.82 Å². The highest BCUT2D eigenvalue weighted by molar-refractivity contribution is 7.99. The number of carbonyl (C=O) groups is 1. The van der Waals surface area contributed by atoms with E-state index in [1.165, 1.54) is 22.8 Å². The first-order valence-corrected chi connectivity index (χ1v) is 11.2. The van der Waals surface area contributed by atoms with Crippen LogP contribution in [0.15, 0.2) is 82.7 Å². The number of nitrogens with zero attached hydrogens (tertiary/aromatic N) is 3. The van der Waals surface area contributed by atoms with E-state index in [1.807, 2.05) is 30.3 Å². The molecule has 4 aromatic rings. The van der Waals surface area contributed by atoms with Crippen LogP contribution in [0.25, 0.3) is 16.6 Å². The lowest BCUT2D eigenvalue weighted by Gasteiger charge is -2.18. The number of hydrogen-bond donors (Lipinski definition) is 0. The summed E-state index contributed by atoms with van der Waals surface area (Å²) >= 11 is 7.11. The molecule has 0 radical (unpaired) electrons. The van der Waals surface area contributed by atoms with Gasteiger partial charge in [0.2, 0.25) is 5.91 Å². The van der Waals surface area contributed by atoms with E-state index in [-0.39, 0.29) is 22.2 Å². The number of hydrogen-bond acceptors (Lipinski definition) is 4. The van der Waals surface area contributed by atoms with Crippen LogP contribution in [0.4, 0.5) is 4.39 Å². The Kier molecular flexibility index (Phi) is 6.58. The van der Waals surface area contributed by atoms with Crippen molar-refractivity contribution >= 4 is 40.2 Å². The van der Waals surface area contributed by atoms with E-state index in [9.17, 15) is 14.0 Å². The van der Waals surface area contributed by atoms with Gasteiger partial charge in [-0.2, -0.15) is 0 Å². The fraction of sp³-hybridized carbons (Fsp3) is 0.125. The van der Waals surface area contributed by atoms with E-state index in [4.69, 9.17) is 11.6 Å². The second-order valence-electron chi connectivity index (χ2n) is 7.17. The molecule has 0 spiro atoms. The lowest BCUT2D eigenvalue weighted by molar-refractivity contribution is -0.127.